The van der Waals surface area contributed by atoms with E-state index < -0.39 is 6.09 Å². The summed E-state index contributed by atoms with van der Waals surface area (Å²) >= 11 is 0. The minimum Gasteiger partial charge on any atom is -0.446 e. The number of alkyl carbamates (subject to hydrolysis) is 1. The number of nitrogens with one attached hydrogen (secondary N) is 2. The van der Waals surface area contributed by atoms with Gasteiger partial charge in [0, 0.05) is 12.8 Å². The average Bonchev–Trinajstić information content (AvgIpc) is 2.83. The Hall–Kier alpha value is -1.14. The SMILES string of the molecule is O=C(NC(=O)[C@@H]1CCCN1)OC1CCOCC1. The fourth-order valence-corrected chi connectivity index (χ4v) is 2.07. The van der Waals surface area contributed by atoms with Crippen molar-refractivity contribution in [3.05, 3.63) is 0 Å². The van der Waals surface area contributed by atoms with Crippen molar-refractivity contribution < 1.29 is 19.1 Å². The molecule has 2 aliphatic rings. The number of hydrogen-bond acceptors (Lipinski definition) is 5. The number of hydrogen-bond donors (Lipinski definition) is 2. The summed E-state index contributed by atoms with van der Waals surface area (Å²) in [6, 6.07) is -0.253. The second-order valence-corrected chi connectivity index (χ2v) is 4.36. The Morgan fingerprint density at radius 2 is 2.00 bits per heavy atom. The number of carbonyl (C=O) groups excluding carboxylic acids is 2. The summed E-state index contributed by atoms with van der Waals surface area (Å²) < 4.78 is 10.3. The van der Waals surface area contributed by atoms with Gasteiger partial charge in [0.15, 0.2) is 0 Å². The van der Waals surface area contributed by atoms with Gasteiger partial charge in [0.2, 0.25) is 5.91 Å². The van der Waals surface area contributed by atoms with Crippen molar-refractivity contribution in [2.75, 3.05) is 19.8 Å². The first-order chi connectivity index (χ1) is 8.25. The van der Waals surface area contributed by atoms with E-state index in [-0.39, 0.29) is 18.1 Å². The molecule has 2 saturated heterocycles. The van der Waals surface area contributed by atoms with Crippen LogP contribution in [0.2, 0.25) is 0 Å². The Bertz CT molecular complexity index is 283. The molecule has 96 valence electrons. The van der Waals surface area contributed by atoms with Crippen LogP contribution in [0.1, 0.15) is 25.7 Å². The highest BCUT2D eigenvalue weighted by Gasteiger charge is 2.25. The molecule has 6 heteroatoms. The van der Waals surface area contributed by atoms with E-state index in [4.69, 9.17) is 9.47 Å². The van der Waals surface area contributed by atoms with Crippen LogP contribution < -0.4 is 10.6 Å². The molecule has 0 aliphatic carbocycles. The number of amides is 2. The molecule has 2 aliphatic heterocycles. The minimum absolute atomic E-state index is 0.131. The van der Waals surface area contributed by atoms with Gasteiger partial charge in [-0.1, -0.05) is 0 Å². The van der Waals surface area contributed by atoms with Crippen molar-refractivity contribution in [2.24, 2.45) is 0 Å². The van der Waals surface area contributed by atoms with Crippen LogP contribution in [-0.2, 0) is 14.3 Å². The van der Waals surface area contributed by atoms with Crippen molar-refractivity contribution in [3.8, 4) is 0 Å². The summed E-state index contributed by atoms with van der Waals surface area (Å²) in [7, 11) is 0. The third-order valence-electron chi connectivity index (χ3n) is 3.04. The summed E-state index contributed by atoms with van der Waals surface area (Å²) in [5.74, 6) is -0.292. The molecule has 2 N–H and O–H groups in total. The van der Waals surface area contributed by atoms with Gasteiger partial charge in [-0.3, -0.25) is 10.1 Å². The molecule has 0 aromatic carbocycles. The standard InChI is InChI=1S/C11H18N2O4/c14-10(9-2-1-5-12-9)13-11(15)17-8-3-6-16-7-4-8/h8-9,12H,1-7H2,(H,13,14,15)/t9-/m0/s1. The number of imide groups is 1. The fraction of sp³-hybridized carbons (Fsp3) is 0.818. The van der Waals surface area contributed by atoms with E-state index in [0.717, 1.165) is 19.4 Å². The third kappa shape index (κ3) is 3.67. The van der Waals surface area contributed by atoms with E-state index in [0.29, 0.717) is 26.1 Å². The van der Waals surface area contributed by atoms with Gasteiger partial charge in [0.1, 0.15) is 6.10 Å². The van der Waals surface area contributed by atoms with Gasteiger partial charge in [-0.05, 0) is 19.4 Å². The predicted octanol–water partition coefficient (Wildman–Crippen LogP) is 0.170. The molecular weight excluding hydrogens is 224 g/mol. The van der Waals surface area contributed by atoms with Gasteiger partial charge < -0.3 is 14.8 Å². The van der Waals surface area contributed by atoms with Crippen LogP contribution >= 0.6 is 0 Å². The topological polar surface area (TPSA) is 76.7 Å². The minimum atomic E-state index is -0.643. The highest BCUT2D eigenvalue weighted by atomic mass is 16.6. The number of ether oxygens (including phenoxy) is 2. The van der Waals surface area contributed by atoms with Crippen LogP contribution in [0.3, 0.4) is 0 Å². The van der Waals surface area contributed by atoms with Gasteiger partial charge in [-0.2, -0.15) is 0 Å². The number of carbonyl (C=O) groups is 2. The quantitative estimate of drug-likeness (QED) is 0.722. The van der Waals surface area contributed by atoms with Crippen LogP contribution in [0.4, 0.5) is 4.79 Å². The average molecular weight is 242 g/mol. The lowest BCUT2D eigenvalue weighted by Crippen LogP contribution is -2.44. The molecule has 0 spiro atoms. The van der Waals surface area contributed by atoms with E-state index >= 15 is 0 Å². The van der Waals surface area contributed by atoms with Crippen molar-refractivity contribution in [1.29, 1.82) is 0 Å². The summed E-state index contributed by atoms with van der Waals surface area (Å²) in [5.41, 5.74) is 0. The van der Waals surface area contributed by atoms with E-state index in [1.54, 1.807) is 0 Å². The summed E-state index contributed by atoms with van der Waals surface area (Å²) in [6.07, 6.45) is 2.36. The second kappa shape index (κ2) is 5.97. The van der Waals surface area contributed by atoms with Crippen LogP contribution in [0.15, 0.2) is 0 Å². The zero-order valence-electron chi connectivity index (χ0n) is 9.74. The predicted molar refractivity (Wildman–Crippen MR) is 59.5 cm³/mol. The second-order valence-electron chi connectivity index (χ2n) is 4.36. The maximum atomic E-state index is 11.6. The third-order valence-corrected chi connectivity index (χ3v) is 3.04. The van der Waals surface area contributed by atoms with E-state index in [1.165, 1.54) is 0 Å². The van der Waals surface area contributed by atoms with Crippen molar-refractivity contribution >= 4 is 12.0 Å². The molecule has 0 unspecified atom stereocenters. The zero-order valence-corrected chi connectivity index (χ0v) is 9.74. The molecule has 2 fully saturated rings. The number of rotatable bonds is 2. The summed E-state index contributed by atoms with van der Waals surface area (Å²) in [4.78, 5) is 23.1. The van der Waals surface area contributed by atoms with Crippen LogP contribution in [-0.4, -0.2) is 43.9 Å². The van der Waals surface area contributed by atoms with E-state index in [1.807, 2.05) is 0 Å². The molecule has 0 aromatic rings. The van der Waals surface area contributed by atoms with Gasteiger partial charge in [0.25, 0.3) is 0 Å². The highest BCUT2D eigenvalue weighted by molar-refractivity contribution is 5.95. The lowest BCUT2D eigenvalue weighted by Gasteiger charge is -2.22. The molecule has 17 heavy (non-hydrogen) atoms. The van der Waals surface area contributed by atoms with Gasteiger partial charge in [0.05, 0.1) is 19.3 Å². The molecular formula is C11H18N2O4. The molecule has 2 amide bonds. The van der Waals surface area contributed by atoms with Crippen LogP contribution in [0.25, 0.3) is 0 Å². The van der Waals surface area contributed by atoms with Gasteiger partial charge >= 0.3 is 6.09 Å². The molecule has 1 atom stereocenters. The smallest absolute Gasteiger partial charge is 0.414 e. The summed E-state index contributed by atoms with van der Waals surface area (Å²) in [6.45, 7) is 2.04. The maximum absolute atomic E-state index is 11.6. The molecule has 0 bridgehead atoms. The Kier molecular flexibility index (Phi) is 4.33. The van der Waals surface area contributed by atoms with Crippen molar-refractivity contribution in [1.82, 2.24) is 10.6 Å². The maximum Gasteiger partial charge on any atom is 0.414 e. The van der Waals surface area contributed by atoms with Crippen LogP contribution in [0.5, 0.6) is 0 Å². The first-order valence-corrected chi connectivity index (χ1v) is 6.08. The summed E-state index contributed by atoms with van der Waals surface area (Å²) in [5, 5.41) is 5.29. The lowest BCUT2D eigenvalue weighted by molar-refractivity contribution is -0.122. The molecule has 0 aromatic heterocycles. The highest BCUT2D eigenvalue weighted by Crippen LogP contribution is 2.11. The van der Waals surface area contributed by atoms with Gasteiger partial charge in [-0.25, -0.2) is 4.79 Å². The Morgan fingerprint density at radius 3 is 2.65 bits per heavy atom. The Balaban J connectivity index is 1.70. The van der Waals surface area contributed by atoms with Crippen molar-refractivity contribution in [3.63, 3.8) is 0 Å². The van der Waals surface area contributed by atoms with Crippen LogP contribution in [0, 0.1) is 0 Å². The van der Waals surface area contributed by atoms with E-state index in [2.05, 4.69) is 10.6 Å². The lowest BCUT2D eigenvalue weighted by atomic mass is 10.2. The molecule has 2 heterocycles. The Labute approximate surface area is 100 Å². The first-order valence-electron chi connectivity index (χ1n) is 6.08. The normalized spacial score (nSPS) is 25.5. The molecule has 2 rings (SSSR count). The fourth-order valence-electron chi connectivity index (χ4n) is 2.07. The zero-order chi connectivity index (χ0) is 12.1. The molecule has 6 nitrogen and oxygen atoms in total. The van der Waals surface area contributed by atoms with Gasteiger partial charge in [-0.15, -0.1) is 0 Å². The molecule has 0 radical (unpaired) electrons. The Morgan fingerprint density at radius 1 is 1.24 bits per heavy atom. The van der Waals surface area contributed by atoms with E-state index in [9.17, 15) is 9.59 Å². The monoisotopic (exact) mass is 242 g/mol. The molecule has 0 saturated carbocycles. The van der Waals surface area contributed by atoms with Crippen molar-refractivity contribution in [2.45, 2.75) is 37.8 Å². The largest absolute Gasteiger partial charge is 0.446 e. The first kappa shape index (κ1) is 12.3.